The van der Waals surface area contributed by atoms with E-state index in [0.717, 1.165) is 21.9 Å². The number of amides is 2. The van der Waals surface area contributed by atoms with Crippen LogP contribution in [0.1, 0.15) is 27.4 Å². The Morgan fingerprint density at radius 1 is 1.06 bits per heavy atom. The van der Waals surface area contributed by atoms with Crippen LogP contribution in [0.4, 0.5) is 5.69 Å². The van der Waals surface area contributed by atoms with Crippen LogP contribution in [0.2, 0.25) is 0 Å². The summed E-state index contributed by atoms with van der Waals surface area (Å²) < 4.78 is 10.4. The number of hydrazine groups is 1. The summed E-state index contributed by atoms with van der Waals surface area (Å²) in [5, 5.41) is 6.93. The minimum absolute atomic E-state index is 0.0247. The van der Waals surface area contributed by atoms with Gasteiger partial charge in [-0.25, -0.2) is 0 Å². The highest BCUT2D eigenvalue weighted by molar-refractivity contribution is 7.98. The zero-order valence-electron chi connectivity index (χ0n) is 17.5. The Morgan fingerprint density at radius 3 is 2.55 bits per heavy atom. The van der Waals surface area contributed by atoms with Crippen molar-refractivity contribution in [1.29, 1.82) is 0 Å². The Balaban J connectivity index is 1.55. The number of rotatable bonds is 8. The lowest BCUT2D eigenvalue weighted by atomic mass is 10.2. The van der Waals surface area contributed by atoms with E-state index in [1.807, 2.05) is 38.1 Å². The van der Waals surface area contributed by atoms with Gasteiger partial charge in [-0.2, -0.15) is 0 Å². The van der Waals surface area contributed by atoms with E-state index in [1.165, 1.54) is 11.8 Å². The molecular weight excluding hydrogens is 416 g/mol. The summed E-state index contributed by atoms with van der Waals surface area (Å²) in [6, 6.07) is 14.5. The first-order valence-corrected chi connectivity index (χ1v) is 10.6. The maximum Gasteiger partial charge on any atom is 0.270 e. The SMILES string of the molecule is COc1ccccc1NCC(=O)NNC(=O)c1ccccc1SCc1c(C)noc1C. The number of anilines is 1. The fourth-order valence-corrected chi connectivity index (χ4v) is 4.05. The summed E-state index contributed by atoms with van der Waals surface area (Å²) in [6.45, 7) is 3.73. The highest BCUT2D eigenvalue weighted by atomic mass is 32.2. The van der Waals surface area contributed by atoms with Gasteiger partial charge in [-0.1, -0.05) is 29.4 Å². The van der Waals surface area contributed by atoms with Crippen molar-refractivity contribution in [2.24, 2.45) is 0 Å². The molecular formula is C22H24N4O4S. The molecule has 0 aliphatic carbocycles. The number of carbonyl (C=O) groups is 2. The molecule has 3 N–H and O–H groups in total. The van der Waals surface area contributed by atoms with Crippen molar-refractivity contribution in [2.75, 3.05) is 19.0 Å². The maximum atomic E-state index is 12.6. The predicted molar refractivity (Wildman–Crippen MR) is 119 cm³/mol. The number of ether oxygens (including phenoxy) is 1. The largest absolute Gasteiger partial charge is 0.495 e. The molecule has 0 fully saturated rings. The Bertz CT molecular complexity index is 1050. The third-order valence-electron chi connectivity index (χ3n) is 4.55. The van der Waals surface area contributed by atoms with Crippen molar-refractivity contribution in [3.8, 4) is 5.75 Å². The number of carbonyl (C=O) groups excluding carboxylic acids is 2. The number of para-hydroxylation sites is 2. The highest BCUT2D eigenvalue weighted by Gasteiger charge is 2.15. The molecule has 0 spiro atoms. The molecule has 1 aromatic heterocycles. The van der Waals surface area contributed by atoms with Crippen molar-refractivity contribution in [1.82, 2.24) is 16.0 Å². The number of nitrogens with one attached hydrogen (secondary N) is 3. The van der Waals surface area contributed by atoms with Crippen LogP contribution in [0, 0.1) is 13.8 Å². The van der Waals surface area contributed by atoms with Gasteiger partial charge < -0.3 is 14.6 Å². The van der Waals surface area contributed by atoms with Gasteiger partial charge in [0.15, 0.2) is 0 Å². The van der Waals surface area contributed by atoms with Crippen LogP contribution in [0.3, 0.4) is 0 Å². The summed E-state index contributed by atoms with van der Waals surface area (Å²) in [6.07, 6.45) is 0. The summed E-state index contributed by atoms with van der Waals surface area (Å²) in [4.78, 5) is 25.6. The standard InChI is InChI=1S/C22H24N4O4S/c1-14-17(15(2)30-26-14)13-31-20-11-7-4-8-16(20)22(28)25-24-21(27)12-23-18-9-5-6-10-19(18)29-3/h4-11,23H,12-13H2,1-3H3,(H,24,27)(H,25,28). The van der Waals surface area contributed by atoms with Crippen molar-refractivity contribution in [3.63, 3.8) is 0 Å². The first kappa shape index (κ1) is 22.2. The van der Waals surface area contributed by atoms with Gasteiger partial charge >= 0.3 is 0 Å². The molecule has 3 rings (SSSR count). The van der Waals surface area contributed by atoms with Crippen molar-refractivity contribution >= 4 is 29.3 Å². The molecule has 162 valence electrons. The van der Waals surface area contributed by atoms with Crippen LogP contribution in [-0.4, -0.2) is 30.6 Å². The molecule has 0 aliphatic rings. The van der Waals surface area contributed by atoms with Gasteiger partial charge in [-0.3, -0.25) is 20.4 Å². The second-order valence-electron chi connectivity index (χ2n) is 6.64. The summed E-state index contributed by atoms with van der Waals surface area (Å²) in [5.41, 5.74) is 7.90. The van der Waals surface area contributed by atoms with Crippen LogP contribution in [0.5, 0.6) is 5.75 Å². The number of aryl methyl sites for hydroxylation is 2. The van der Waals surface area contributed by atoms with Gasteiger partial charge in [-0.15, -0.1) is 11.8 Å². The van der Waals surface area contributed by atoms with E-state index >= 15 is 0 Å². The number of thioether (sulfide) groups is 1. The lowest BCUT2D eigenvalue weighted by molar-refractivity contribution is -0.120. The topological polar surface area (TPSA) is 105 Å². The molecule has 0 bridgehead atoms. The van der Waals surface area contributed by atoms with Gasteiger partial charge in [0, 0.05) is 16.2 Å². The van der Waals surface area contributed by atoms with E-state index in [-0.39, 0.29) is 12.5 Å². The summed E-state index contributed by atoms with van der Waals surface area (Å²) >= 11 is 1.51. The van der Waals surface area contributed by atoms with Gasteiger partial charge in [0.05, 0.1) is 30.6 Å². The van der Waals surface area contributed by atoms with Crippen molar-refractivity contribution in [3.05, 3.63) is 71.1 Å². The normalized spacial score (nSPS) is 10.4. The second-order valence-corrected chi connectivity index (χ2v) is 7.66. The second kappa shape index (κ2) is 10.5. The van der Waals surface area contributed by atoms with Crippen LogP contribution in [0.15, 0.2) is 57.9 Å². The van der Waals surface area contributed by atoms with Crippen molar-refractivity contribution in [2.45, 2.75) is 24.5 Å². The molecule has 1 heterocycles. The Morgan fingerprint density at radius 2 is 1.81 bits per heavy atom. The number of hydrogen-bond donors (Lipinski definition) is 3. The molecule has 0 radical (unpaired) electrons. The number of aromatic nitrogens is 1. The molecule has 0 unspecified atom stereocenters. The molecule has 2 amide bonds. The van der Waals surface area contributed by atoms with E-state index < -0.39 is 5.91 Å². The van der Waals surface area contributed by atoms with Gasteiger partial charge in [0.2, 0.25) is 0 Å². The Kier molecular flexibility index (Phi) is 7.55. The van der Waals surface area contributed by atoms with Crippen LogP contribution in [-0.2, 0) is 10.5 Å². The van der Waals surface area contributed by atoms with E-state index in [4.69, 9.17) is 9.26 Å². The predicted octanol–water partition coefficient (Wildman–Crippen LogP) is 3.47. The van der Waals surface area contributed by atoms with Gasteiger partial charge in [0.25, 0.3) is 11.8 Å². The van der Waals surface area contributed by atoms with E-state index in [1.54, 1.807) is 31.4 Å². The molecule has 3 aromatic rings. The Hall–Kier alpha value is -3.46. The van der Waals surface area contributed by atoms with Crippen LogP contribution >= 0.6 is 11.8 Å². The molecule has 0 atom stereocenters. The van der Waals surface area contributed by atoms with Crippen LogP contribution < -0.4 is 20.9 Å². The van der Waals surface area contributed by atoms with E-state index in [2.05, 4.69) is 21.3 Å². The molecule has 2 aromatic carbocycles. The maximum absolute atomic E-state index is 12.6. The zero-order valence-corrected chi connectivity index (χ0v) is 18.3. The molecule has 8 nitrogen and oxygen atoms in total. The lowest BCUT2D eigenvalue weighted by Crippen LogP contribution is -2.44. The zero-order chi connectivity index (χ0) is 22.2. The summed E-state index contributed by atoms with van der Waals surface area (Å²) in [7, 11) is 1.56. The monoisotopic (exact) mass is 440 g/mol. The van der Waals surface area contributed by atoms with E-state index in [9.17, 15) is 9.59 Å². The average Bonchev–Trinajstić information content (AvgIpc) is 3.12. The highest BCUT2D eigenvalue weighted by Crippen LogP contribution is 2.28. The molecule has 9 heteroatoms. The van der Waals surface area contributed by atoms with Crippen LogP contribution in [0.25, 0.3) is 0 Å². The molecule has 31 heavy (non-hydrogen) atoms. The minimum atomic E-state index is -0.396. The third-order valence-corrected chi connectivity index (χ3v) is 5.65. The lowest BCUT2D eigenvalue weighted by Gasteiger charge is -2.13. The van der Waals surface area contributed by atoms with Crippen molar-refractivity contribution < 1.29 is 18.8 Å². The minimum Gasteiger partial charge on any atom is -0.495 e. The molecule has 0 saturated carbocycles. The fraction of sp³-hybridized carbons (Fsp3) is 0.227. The smallest absolute Gasteiger partial charge is 0.270 e. The third kappa shape index (κ3) is 5.79. The fourth-order valence-electron chi connectivity index (χ4n) is 2.84. The molecule has 0 aliphatic heterocycles. The number of methoxy groups -OCH3 is 1. The Labute approximate surface area is 184 Å². The van der Waals surface area contributed by atoms with E-state index in [0.29, 0.717) is 22.8 Å². The average molecular weight is 441 g/mol. The number of hydrogen-bond acceptors (Lipinski definition) is 7. The van der Waals surface area contributed by atoms with Gasteiger partial charge in [-0.05, 0) is 38.1 Å². The first-order valence-electron chi connectivity index (χ1n) is 9.59. The molecule has 0 saturated heterocycles. The summed E-state index contributed by atoms with van der Waals surface area (Å²) in [5.74, 6) is 1.23. The van der Waals surface area contributed by atoms with Gasteiger partial charge in [0.1, 0.15) is 11.5 Å². The number of benzene rings is 2. The number of nitrogens with zero attached hydrogens (tertiary/aromatic N) is 1. The first-order chi connectivity index (χ1) is 15.0. The quantitative estimate of drug-likeness (QED) is 0.364.